The summed E-state index contributed by atoms with van der Waals surface area (Å²) in [6.45, 7) is 1.96. The summed E-state index contributed by atoms with van der Waals surface area (Å²) in [5.74, 6) is 0.636. The molecule has 0 saturated carbocycles. The van der Waals surface area contributed by atoms with Crippen LogP contribution < -0.4 is 98.3 Å². The first kappa shape index (κ1) is 43.4. The van der Waals surface area contributed by atoms with Crippen molar-refractivity contribution < 1.29 is 0 Å². The van der Waals surface area contributed by atoms with E-state index in [1.54, 1.807) is 18.2 Å². The normalized spacial score (nSPS) is 11.6. The largest absolute Gasteiger partial charge is 0.295 e. The smallest absolute Gasteiger partial charge is 0.114 e. The van der Waals surface area contributed by atoms with Gasteiger partial charge in [-0.1, -0.05) is 62.8 Å². The first-order valence-corrected chi connectivity index (χ1v) is 18.7. The lowest BCUT2D eigenvalue weighted by atomic mass is 9.58. The highest BCUT2D eigenvalue weighted by atomic mass is 15.1. The Kier molecular flexibility index (Phi) is 11.0. The maximum atomic E-state index is 7.10. The van der Waals surface area contributed by atoms with Crippen molar-refractivity contribution in [1.29, 1.82) is 0 Å². The third-order valence-corrected chi connectivity index (χ3v) is 11.7. The minimum atomic E-state index is -0.00581. The number of imidazole rings is 1. The Hall–Kier alpha value is -4.30. The van der Waals surface area contributed by atoms with Crippen LogP contribution in [-0.4, -0.2) is 151 Å². The summed E-state index contributed by atoms with van der Waals surface area (Å²) in [5, 5.41) is 1.29. The summed E-state index contributed by atoms with van der Waals surface area (Å²) < 4.78 is 1.92. The van der Waals surface area contributed by atoms with Crippen molar-refractivity contribution in [2.45, 2.75) is 13.3 Å². The standard InChI is InChI=1S/C41H12B18N2/c1-2-15-60-13-5-3-4-6-14(13)61(15)41-21-19(27(46)35(54)37(56)29(21)48)16(20-22(41)30(49)38(57)36(55)28(20)47)10-7-11(17-23(42)31(50)39(58)32(51)24(17)43)9-12(8-10)18-25(44)33(52)40(59)34(53)26(18)45/h3-9H,2H2,1H3. The number of nitrogens with zero attached hydrogens (tertiary/aromatic N) is 2. The van der Waals surface area contributed by atoms with Crippen LogP contribution in [0, 0.1) is 0 Å². The van der Waals surface area contributed by atoms with Gasteiger partial charge in [-0.05, 0) is 85.3 Å². The van der Waals surface area contributed by atoms with Crippen molar-refractivity contribution in [3.8, 4) is 39.1 Å². The molecule has 8 rings (SSSR count). The van der Waals surface area contributed by atoms with Crippen molar-refractivity contribution >= 4 is 272 Å². The molecule has 0 unspecified atom stereocenters. The summed E-state index contributed by atoms with van der Waals surface area (Å²) >= 11 is 0. The highest BCUT2D eigenvalue weighted by molar-refractivity contribution is 6.73. The molecular formula is C41H12B18N2. The Balaban J connectivity index is 1.71. The molecule has 0 aliphatic rings. The minimum Gasteiger partial charge on any atom is -0.295 e. The predicted octanol–water partition coefficient (Wildman–Crippen LogP) is -10.8. The Bertz CT molecular complexity index is 3060. The highest BCUT2D eigenvalue weighted by Gasteiger charge is 2.28. The van der Waals surface area contributed by atoms with E-state index in [9.17, 15) is 0 Å². The number of aryl methyl sites for hydroxylation is 1. The van der Waals surface area contributed by atoms with E-state index in [1.165, 1.54) is 0 Å². The van der Waals surface area contributed by atoms with Crippen LogP contribution in [0.15, 0.2) is 42.5 Å². The Morgan fingerprint density at radius 3 is 1.07 bits per heavy atom. The molecule has 0 atom stereocenters. The van der Waals surface area contributed by atoms with Gasteiger partial charge in [-0.15, -0.1) is 54.6 Å². The van der Waals surface area contributed by atoms with Gasteiger partial charge in [0.25, 0.3) is 0 Å². The van der Waals surface area contributed by atoms with Crippen molar-refractivity contribution in [3.05, 3.63) is 48.3 Å². The third-order valence-electron chi connectivity index (χ3n) is 11.7. The van der Waals surface area contributed by atoms with E-state index >= 15 is 0 Å². The zero-order chi connectivity index (χ0) is 44.4. The second kappa shape index (κ2) is 15.5. The molecule has 0 saturated heterocycles. The molecule has 0 aliphatic carbocycles. The average molecular weight is 727 g/mol. The molecule has 36 radical (unpaired) electrons. The van der Waals surface area contributed by atoms with Crippen LogP contribution in [0.25, 0.3) is 71.6 Å². The van der Waals surface area contributed by atoms with Crippen LogP contribution in [-0.2, 0) is 6.42 Å². The predicted molar refractivity (Wildman–Crippen MR) is 279 cm³/mol. The molecule has 0 amide bonds. The van der Waals surface area contributed by atoms with Gasteiger partial charge in [0.2, 0.25) is 0 Å². The Morgan fingerprint density at radius 2 is 0.689 bits per heavy atom. The molecule has 2 nitrogen and oxygen atoms in total. The monoisotopic (exact) mass is 730 g/mol. The number of para-hydroxylation sites is 2. The van der Waals surface area contributed by atoms with Crippen LogP contribution in [0.4, 0.5) is 0 Å². The van der Waals surface area contributed by atoms with Crippen LogP contribution in [0.5, 0.6) is 0 Å². The molecule has 0 fully saturated rings. The fourth-order valence-electron chi connectivity index (χ4n) is 8.38. The minimum absolute atomic E-state index is 0.00127. The van der Waals surface area contributed by atoms with Crippen molar-refractivity contribution in [2.24, 2.45) is 0 Å². The maximum absolute atomic E-state index is 7.10. The van der Waals surface area contributed by atoms with Gasteiger partial charge in [-0.2, -0.15) is 0 Å². The molecule has 1 aromatic heterocycles. The lowest BCUT2D eigenvalue weighted by Gasteiger charge is -2.30. The topological polar surface area (TPSA) is 17.8 Å². The van der Waals surface area contributed by atoms with Crippen LogP contribution >= 0.6 is 0 Å². The van der Waals surface area contributed by atoms with E-state index in [0.717, 1.165) is 0 Å². The second-order valence-corrected chi connectivity index (χ2v) is 14.9. The quantitative estimate of drug-likeness (QED) is 0.128. The molecule has 240 valence electrons. The van der Waals surface area contributed by atoms with Gasteiger partial charge < -0.3 is 0 Å². The van der Waals surface area contributed by atoms with Crippen LogP contribution in [0.3, 0.4) is 0 Å². The molecule has 0 aliphatic heterocycles. The Labute approximate surface area is 380 Å². The number of benzene rings is 7. The van der Waals surface area contributed by atoms with E-state index in [2.05, 4.69) is 0 Å². The molecule has 0 N–H and O–H groups in total. The maximum Gasteiger partial charge on any atom is 0.114 e. The van der Waals surface area contributed by atoms with Gasteiger partial charge in [0.15, 0.2) is 0 Å². The first-order valence-electron chi connectivity index (χ1n) is 18.7. The van der Waals surface area contributed by atoms with Gasteiger partial charge in [0.1, 0.15) is 147 Å². The molecule has 61 heavy (non-hydrogen) atoms. The number of fused-ring (bicyclic) bond motifs is 3. The summed E-state index contributed by atoms with van der Waals surface area (Å²) in [5.41, 5.74) is 3.96. The number of rotatable bonds is 5. The Morgan fingerprint density at radius 1 is 0.377 bits per heavy atom. The first-order chi connectivity index (χ1) is 28.8. The lowest BCUT2D eigenvalue weighted by Crippen LogP contribution is -2.55. The zero-order valence-electron chi connectivity index (χ0n) is 33.0. The molecule has 7 aromatic carbocycles. The molecule has 8 aromatic rings. The van der Waals surface area contributed by atoms with Gasteiger partial charge in [0, 0.05) is 6.42 Å². The third kappa shape index (κ3) is 6.22. The average Bonchev–Trinajstić information content (AvgIpc) is 3.63. The summed E-state index contributed by atoms with van der Waals surface area (Å²) in [4.78, 5) is 4.95. The molecule has 0 bridgehead atoms. The van der Waals surface area contributed by atoms with E-state index in [4.69, 9.17) is 146 Å². The fourth-order valence-corrected chi connectivity index (χ4v) is 8.38. The van der Waals surface area contributed by atoms with E-state index in [0.29, 0.717) is 72.8 Å². The van der Waals surface area contributed by atoms with E-state index in [-0.39, 0.29) is 109 Å². The van der Waals surface area contributed by atoms with Gasteiger partial charge >= 0.3 is 0 Å². The lowest BCUT2D eigenvalue weighted by molar-refractivity contribution is 0.917. The number of aromatic nitrogens is 2. The van der Waals surface area contributed by atoms with Gasteiger partial charge in [-0.3, -0.25) is 4.57 Å². The summed E-state index contributed by atoms with van der Waals surface area (Å²) in [6.07, 6.45) is 0.470. The molecule has 0 spiro atoms. The summed E-state index contributed by atoms with van der Waals surface area (Å²) in [6, 6.07) is 12.7. The van der Waals surface area contributed by atoms with E-state index in [1.807, 2.05) is 35.8 Å². The zero-order valence-corrected chi connectivity index (χ0v) is 33.0. The number of hydrogen-bond donors (Lipinski definition) is 0. The highest BCUT2D eigenvalue weighted by Crippen LogP contribution is 2.41. The van der Waals surface area contributed by atoms with E-state index < -0.39 is 0 Å². The number of hydrogen-bond acceptors (Lipinski definition) is 1. The van der Waals surface area contributed by atoms with Gasteiger partial charge in [0.05, 0.1) is 16.7 Å². The summed E-state index contributed by atoms with van der Waals surface area (Å²) in [7, 11) is 120. The van der Waals surface area contributed by atoms with Crippen molar-refractivity contribution in [2.75, 3.05) is 0 Å². The molecule has 1 heterocycles. The van der Waals surface area contributed by atoms with Gasteiger partial charge in [-0.25, -0.2) is 4.98 Å². The molecule has 20 heteroatoms. The van der Waals surface area contributed by atoms with Crippen LogP contribution in [0.2, 0.25) is 0 Å². The van der Waals surface area contributed by atoms with Crippen molar-refractivity contribution in [3.63, 3.8) is 0 Å². The SMILES string of the molecule is [B]c1c([B])c([B])c(-c2cc(-c3c([B])c([B])c([B])c([B])c3[B])cc(-c3c4c([B])c([B])c([B])c([B])c4c(-n4c(CC)nc5ccccc54)c4c([B])c([B])c([B])c([B])c34)c2)c([B])c1[B]. The fraction of sp³-hybridized carbons (Fsp3) is 0.0488. The van der Waals surface area contributed by atoms with Crippen LogP contribution in [0.1, 0.15) is 12.7 Å². The van der Waals surface area contributed by atoms with Crippen molar-refractivity contribution in [1.82, 2.24) is 9.55 Å². The molecular weight excluding hydrogens is 715 g/mol. The second-order valence-electron chi connectivity index (χ2n) is 14.9.